The number of carbonyl (C=O) groups excluding carboxylic acids is 1. The van der Waals surface area contributed by atoms with E-state index in [-0.39, 0.29) is 35.6 Å². The van der Waals surface area contributed by atoms with Gasteiger partial charge >= 0.3 is 6.18 Å². The van der Waals surface area contributed by atoms with Crippen LogP contribution in [0.2, 0.25) is 0 Å². The molecule has 4 nitrogen and oxygen atoms in total. The van der Waals surface area contributed by atoms with Crippen molar-refractivity contribution in [3.05, 3.63) is 89.5 Å². The van der Waals surface area contributed by atoms with Crippen LogP contribution in [0.4, 0.5) is 18.9 Å². The number of amides is 1. The highest BCUT2D eigenvalue weighted by Gasteiger charge is 2.39. The van der Waals surface area contributed by atoms with Gasteiger partial charge in [-0.2, -0.15) is 13.2 Å². The van der Waals surface area contributed by atoms with E-state index in [0.29, 0.717) is 26.1 Å². The minimum absolute atomic E-state index is 0.0279. The van der Waals surface area contributed by atoms with Gasteiger partial charge in [-0.3, -0.25) is 4.79 Å². The quantitative estimate of drug-likeness (QED) is 0.349. The summed E-state index contributed by atoms with van der Waals surface area (Å²) in [6, 6.07) is 13.9. The molecular weight excluding hydrogens is 499 g/mol. The second-order valence-electron chi connectivity index (χ2n) is 11.1. The number of nitrogens with zero attached hydrogens (tertiary/aromatic N) is 1. The zero-order valence-electron chi connectivity index (χ0n) is 22.8. The summed E-state index contributed by atoms with van der Waals surface area (Å²) >= 11 is 0. The molecule has 4 rings (SSSR count). The van der Waals surface area contributed by atoms with Crippen molar-refractivity contribution in [2.45, 2.75) is 57.7 Å². The van der Waals surface area contributed by atoms with E-state index in [4.69, 9.17) is 5.73 Å². The van der Waals surface area contributed by atoms with Gasteiger partial charge in [0.15, 0.2) is 0 Å². The van der Waals surface area contributed by atoms with Crippen LogP contribution < -0.4 is 11.1 Å². The third-order valence-corrected chi connectivity index (χ3v) is 8.24. The lowest BCUT2D eigenvalue weighted by Gasteiger charge is -2.43. The maximum absolute atomic E-state index is 13.5. The molecule has 3 N–H and O–H groups in total. The molecule has 7 heteroatoms. The van der Waals surface area contributed by atoms with Gasteiger partial charge in [-0.15, -0.1) is 0 Å². The zero-order chi connectivity index (χ0) is 28.0. The molecular formula is C32H40F3N3O. The molecule has 2 aromatic rings. The van der Waals surface area contributed by atoms with Crippen molar-refractivity contribution in [2.75, 3.05) is 25.0 Å². The number of rotatable bonds is 10. The second-order valence-corrected chi connectivity index (χ2v) is 11.1. The lowest BCUT2D eigenvalue weighted by atomic mass is 9.70. The number of allylic oxidation sites excluding steroid dienone is 3. The lowest BCUT2D eigenvalue weighted by Crippen LogP contribution is -2.43. The van der Waals surface area contributed by atoms with Crippen molar-refractivity contribution in [1.29, 1.82) is 0 Å². The Morgan fingerprint density at radius 1 is 1.15 bits per heavy atom. The highest BCUT2D eigenvalue weighted by molar-refractivity contribution is 5.78. The van der Waals surface area contributed by atoms with Crippen LogP contribution in [-0.4, -0.2) is 36.5 Å². The molecule has 2 aromatic carbocycles. The average Bonchev–Trinajstić information content (AvgIpc) is 2.92. The third kappa shape index (κ3) is 7.33. The molecule has 1 aliphatic carbocycles. The van der Waals surface area contributed by atoms with E-state index in [9.17, 15) is 18.0 Å². The van der Waals surface area contributed by atoms with Gasteiger partial charge in [-0.1, -0.05) is 68.5 Å². The molecule has 0 fully saturated rings. The number of fused-ring (bicyclic) bond motifs is 1. The highest BCUT2D eigenvalue weighted by Crippen LogP contribution is 2.46. The normalized spacial score (nSPS) is 23.1. The maximum Gasteiger partial charge on any atom is 0.416 e. The van der Waals surface area contributed by atoms with Gasteiger partial charge in [0.2, 0.25) is 5.91 Å². The Bertz CT molecular complexity index is 1160. The summed E-state index contributed by atoms with van der Waals surface area (Å²) in [7, 11) is 0. The average molecular weight is 540 g/mol. The fourth-order valence-electron chi connectivity index (χ4n) is 6.10. The van der Waals surface area contributed by atoms with E-state index < -0.39 is 11.7 Å². The van der Waals surface area contributed by atoms with Gasteiger partial charge < -0.3 is 16.0 Å². The molecule has 2 unspecified atom stereocenters. The van der Waals surface area contributed by atoms with Gasteiger partial charge in [0.1, 0.15) is 0 Å². The van der Waals surface area contributed by atoms with Gasteiger partial charge in [-0.05, 0) is 66.3 Å². The molecule has 0 radical (unpaired) electrons. The number of carbonyl (C=O) groups is 1. The van der Waals surface area contributed by atoms with E-state index >= 15 is 0 Å². The predicted octanol–water partition coefficient (Wildman–Crippen LogP) is 6.80. The predicted molar refractivity (Wildman–Crippen MR) is 151 cm³/mol. The SMILES string of the molecule is CC1c2cc(C(F)(F)F)ccc2N[C@@H](C2C=CC=CC2)[C@@H]1CC[C@@H](C)CN(CCN)C(=O)Cc1ccccc1. The molecule has 0 saturated heterocycles. The molecule has 1 aliphatic heterocycles. The monoisotopic (exact) mass is 539 g/mol. The smallest absolute Gasteiger partial charge is 0.381 e. The van der Waals surface area contributed by atoms with Gasteiger partial charge in [-0.25, -0.2) is 0 Å². The first-order chi connectivity index (χ1) is 18.7. The largest absolute Gasteiger partial charge is 0.416 e. The lowest BCUT2D eigenvalue weighted by molar-refractivity contribution is -0.137. The number of halogens is 3. The molecule has 39 heavy (non-hydrogen) atoms. The number of nitrogens with one attached hydrogen (secondary N) is 1. The Labute approximate surface area is 230 Å². The summed E-state index contributed by atoms with van der Waals surface area (Å²) in [4.78, 5) is 14.9. The van der Waals surface area contributed by atoms with Gasteiger partial charge in [0, 0.05) is 37.3 Å². The number of hydrogen-bond donors (Lipinski definition) is 2. The molecule has 0 bridgehead atoms. The number of alkyl halides is 3. The summed E-state index contributed by atoms with van der Waals surface area (Å²) in [6.45, 7) is 5.73. The van der Waals surface area contributed by atoms with Crippen molar-refractivity contribution in [2.24, 2.45) is 23.5 Å². The van der Waals surface area contributed by atoms with Gasteiger partial charge in [0.25, 0.3) is 0 Å². The summed E-state index contributed by atoms with van der Waals surface area (Å²) < 4.78 is 40.5. The van der Waals surface area contributed by atoms with Crippen LogP contribution in [0.3, 0.4) is 0 Å². The van der Waals surface area contributed by atoms with Crippen LogP contribution in [0.1, 0.15) is 55.7 Å². The van der Waals surface area contributed by atoms with E-state index in [1.165, 1.54) is 12.1 Å². The van der Waals surface area contributed by atoms with Crippen LogP contribution in [0.15, 0.2) is 72.8 Å². The maximum atomic E-state index is 13.5. The Kier molecular flexibility index (Phi) is 9.54. The third-order valence-electron chi connectivity index (χ3n) is 8.24. The summed E-state index contributed by atoms with van der Waals surface area (Å²) in [5.74, 6) is 0.701. The topological polar surface area (TPSA) is 58.4 Å². The van der Waals surface area contributed by atoms with E-state index in [1.54, 1.807) is 6.07 Å². The first-order valence-corrected chi connectivity index (χ1v) is 14.0. The molecule has 0 saturated carbocycles. The molecule has 210 valence electrons. The Morgan fingerprint density at radius 2 is 1.92 bits per heavy atom. The fourth-order valence-corrected chi connectivity index (χ4v) is 6.10. The van der Waals surface area contributed by atoms with Crippen LogP contribution >= 0.6 is 0 Å². The molecule has 0 aromatic heterocycles. The number of anilines is 1. The Balaban J connectivity index is 1.47. The Hall–Kier alpha value is -3.06. The summed E-state index contributed by atoms with van der Waals surface area (Å²) in [5.41, 5.74) is 7.75. The zero-order valence-corrected chi connectivity index (χ0v) is 22.8. The summed E-state index contributed by atoms with van der Waals surface area (Å²) in [5, 5.41) is 3.62. The molecule has 1 amide bonds. The van der Waals surface area contributed by atoms with Crippen molar-refractivity contribution >= 4 is 11.6 Å². The Morgan fingerprint density at radius 3 is 2.59 bits per heavy atom. The van der Waals surface area contributed by atoms with E-state index in [0.717, 1.165) is 36.1 Å². The van der Waals surface area contributed by atoms with E-state index in [1.807, 2.05) is 41.3 Å². The first kappa shape index (κ1) is 28.9. The second kappa shape index (κ2) is 12.9. The minimum atomic E-state index is -4.37. The summed E-state index contributed by atoms with van der Waals surface area (Å²) in [6.07, 6.45) is 7.07. The standard InChI is InChI=1S/C32H40F3N3O/c1-22(21-38(18-17-36)30(39)19-24-9-5-3-6-10-24)13-15-27-23(2)28-20-26(32(33,34)35)14-16-29(28)37-31(27)25-11-7-4-8-12-25/h3-11,14,16,20,22-23,25,27,31,37H,12-13,15,17-19,21,36H2,1-2H3/t22-,23?,25?,27-,31+/m1/s1. The number of nitrogens with two attached hydrogens (primary N) is 1. The van der Waals surface area contributed by atoms with E-state index in [2.05, 4.69) is 37.4 Å². The molecule has 2 aliphatic rings. The minimum Gasteiger partial charge on any atom is -0.381 e. The molecule has 5 atom stereocenters. The molecule has 0 spiro atoms. The number of hydrogen-bond acceptors (Lipinski definition) is 3. The first-order valence-electron chi connectivity index (χ1n) is 14.0. The van der Waals surface area contributed by atoms with Crippen LogP contribution in [-0.2, 0) is 17.4 Å². The van der Waals surface area contributed by atoms with Gasteiger partial charge in [0.05, 0.1) is 12.0 Å². The highest BCUT2D eigenvalue weighted by atomic mass is 19.4. The van der Waals surface area contributed by atoms with Crippen molar-refractivity contribution < 1.29 is 18.0 Å². The molecule has 1 heterocycles. The van der Waals surface area contributed by atoms with Crippen LogP contribution in [0, 0.1) is 17.8 Å². The van der Waals surface area contributed by atoms with Crippen molar-refractivity contribution in [3.8, 4) is 0 Å². The van der Waals surface area contributed by atoms with Crippen LogP contribution in [0.5, 0.6) is 0 Å². The number of benzene rings is 2. The fraction of sp³-hybridized carbons (Fsp3) is 0.469. The van der Waals surface area contributed by atoms with Crippen LogP contribution in [0.25, 0.3) is 0 Å². The van der Waals surface area contributed by atoms with Crippen molar-refractivity contribution in [1.82, 2.24) is 4.90 Å². The van der Waals surface area contributed by atoms with Crippen molar-refractivity contribution in [3.63, 3.8) is 0 Å².